The van der Waals surface area contributed by atoms with Gasteiger partial charge in [0.15, 0.2) is 23.3 Å². The van der Waals surface area contributed by atoms with E-state index >= 15 is 9.59 Å². The molecule has 4 aromatic rings. The quantitative estimate of drug-likeness (QED) is 0.0616. The zero-order valence-electron chi connectivity index (χ0n) is 40.9. The number of ketones is 2. The molecule has 0 aromatic heterocycles. The van der Waals surface area contributed by atoms with Gasteiger partial charge in [-0.2, -0.15) is 0 Å². The van der Waals surface area contributed by atoms with Gasteiger partial charge in [0, 0.05) is 37.3 Å². The lowest BCUT2D eigenvalue weighted by Gasteiger charge is -2.66. The number of hydrogen-bond acceptors (Lipinski definition) is 15. The minimum atomic E-state index is -1.93. The molecule has 1 saturated heterocycles. The highest BCUT2D eigenvalue weighted by atomic mass is 16.6. The number of carbonyl (C=O) groups excluding carboxylic acids is 8. The van der Waals surface area contributed by atoms with E-state index in [1.807, 2.05) is 0 Å². The van der Waals surface area contributed by atoms with Gasteiger partial charge in [0.2, 0.25) is 6.10 Å². The molecule has 4 aliphatic rings. The van der Waals surface area contributed by atoms with Gasteiger partial charge in [-0.1, -0.05) is 92.7 Å². The number of fused-ring (bicyclic) bond motifs is 5. The van der Waals surface area contributed by atoms with E-state index in [2.05, 4.69) is 5.32 Å². The van der Waals surface area contributed by atoms with Crippen LogP contribution in [0.2, 0.25) is 0 Å². The summed E-state index contributed by atoms with van der Waals surface area (Å²) in [6, 6.07) is 28.8. The predicted octanol–water partition coefficient (Wildman–Crippen LogP) is 6.69. The molecule has 0 radical (unpaired) electrons. The van der Waals surface area contributed by atoms with Crippen LogP contribution in [0.5, 0.6) is 0 Å². The van der Waals surface area contributed by atoms with E-state index in [0.29, 0.717) is 11.1 Å². The Kier molecular flexibility index (Phi) is 14.2. The molecule has 72 heavy (non-hydrogen) atoms. The van der Waals surface area contributed by atoms with E-state index in [-0.39, 0.29) is 53.1 Å². The Morgan fingerprint density at radius 2 is 1.26 bits per heavy atom. The SMILES string of the molecule is CC(=O)O[C@H]1C(=O)[C@@]2(C)C([C@H](OC(=O)c3ccccc3)C3C[C@H](OC(=O)[C@H](OC(=O)c4ccc(C(C)=O)cc4)[C@@H](NC(=O)c4ccccc4)c4ccccc4)C(C)=C1C3(C)C)[C@]1(OC(C)=O)COC1C[C@@H]2O. The number of aliphatic hydroxyl groups is 1. The standard InChI is InChI=1S/C56H57NO15/c1-30-40(69-53(66)47(71-52(65)38-25-23-34(24-26-38)31(2)58)44(35-17-11-8-12-18-35)57-50(63)36-19-13-9-14-20-36)27-39-45(70-51(64)37-21-15-10-16-22-37)48-55(7,41(61)28-42-56(48,29-67-42)72-33(4)60)49(62)46(68-32(3)59)43(30)54(39,5)6/h8-26,39-42,44-48,61H,27-29H2,1-7H3,(H,57,63)/t39?,40-,41-,42?,44-,45+,46+,47+,48?,55+,56-/m0/s1. The first-order valence-electron chi connectivity index (χ1n) is 23.8. The molecule has 11 atom stereocenters. The number of Topliss-reactive ketones (excluding diaryl/α,β-unsaturated/α-hetero) is 2. The molecule has 16 heteroatoms. The van der Waals surface area contributed by atoms with Crippen molar-refractivity contribution in [3.63, 3.8) is 0 Å². The van der Waals surface area contributed by atoms with Crippen molar-refractivity contribution in [3.8, 4) is 0 Å². The molecular weight excluding hydrogens is 927 g/mol. The van der Waals surface area contributed by atoms with Crippen LogP contribution in [0.4, 0.5) is 0 Å². The van der Waals surface area contributed by atoms with Gasteiger partial charge in [-0.25, -0.2) is 14.4 Å². The molecule has 1 heterocycles. The van der Waals surface area contributed by atoms with Crippen molar-refractivity contribution in [2.45, 2.75) is 110 Å². The zero-order chi connectivity index (χ0) is 51.9. The van der Waals surface area contributed by atoms with E-state index in [1.165, 1.54) is 45.0 Å². The highest BCUT2D eigenvalue weighted by molar-refractivity contribution is 5.98. The number of carbonyl (C=O) groups is 8. The topological polar surface area (TPSA) is 224 Å². The fraction of sp³-hybridized carbons (Fsp3) is 0.393. The normalized spacial score (nSPS) is 27.8. The van der Waals surface area contributed by atoms with Crippen LogP contribution in [0, 0.1) is 22.7 Å². The highest BCUT2D eigenvalue weighted by Crippen LogP contribution is 2.63. The number of aliphatic hydroxyl groups excluding tert-OH is 1. The first-order chi connectivity index (χ1) is 34.2. The lowest BCUT2D eigenvalue weighted by molar-refractivity contribution is -0.335. The summed E-state index contributed by atoms with van der Waals surface area (Å²) in [7, 11) is 0. The van der Waals surface area contributed by atoms with Crippen molar-refractivity contribution in [2.24, 2.45) is 22.7 Å². The fourth-order valence-electron chi connectivity index (χ4n) is 11.4. The van der Waals surface area contributed by atoms with Crippen molar-refractivity contribution in [3.05, 3.63) is 154 Å². The lowest BCUT2D eigenvalue weighted by atomic mass is 9.46. The Morgan fingerprint density at radius 3 is 1.82 bits per heavy atom. The monoisotopic (exact) mass is 983 g/mol. The summed E-state index contributed by atoms with van der Waals surface area (Å²) in [6.07, 6.45) is -9.10. The maximum Gasteiger partial charge on any atom is 0.350 e. The van der Waals surface area contributed by atoms with Crippen LogP contribution < -0.4 is 5.32 Å². The second-order valence-corrected chi connectivity index (χ2v) is 19.7. The Bertz CT molecular complexity index is 2810. The summed E-state index contributed by atoms with van der Waals surface area (Å²) in [5.41, 5.74) is -3.31. The molecule has 1 aliphatic heterocycles. The van der Waals surface area contributed by atoms with Gasteiger partial charge in [0.1, 0.15) is 24.4 Å². The number of ether oxygens (including phenoxy) is 6. The average molecular weight is 984 g/mol. The third kappa shape index (κ3) is 9.36. The van der Waals surface area contributed by atoms with E-state index < -0.39 is 112 Å². The molecule has 3 aliphatic carbocycles. The molecule has 376 valence electrons. The van der Waals surface area contributed by atoms with Crippen LogP contribution in [0.1, 0.15) is 114 Å². The second kappa shape index (κ2) is 20.1. The molecule has 2 N–H and O–H groups in total. The van der Waals surface area contributed by atoms with Gasteiger partial charge < -0.3 is 38.8 Å². The second-order valence-electron chi connectivity index (χ2n) is 19.7. The van der Waals surface area contributed by atoms with E-state index in [4.69, 9.17) is 28.4 Å². The van der Waals surface area contributed by atoms with Crippen LogP contribution in [-0.2, 0) is 47.6 Å². The van der Waals surface area contributed by atoms with Crippen molar-refractivity contribution >= 4 is 47.3 Å². The van der Waals surface area contributed by atoms with Crippen molar-refractivity contribution < 1.29 is 71.9 Å². The minimum Gasteiger partial charge on any atom is -0.458 e. The molecule has 8 rings (SSSR count). The van der Waals surface area contributed by atoms with E-state index in [1.54, 1.807) is 112 Å². The van der Waals surface area contributed by atoms with Crippen molar-refractivity contribution in [2.75, 3.05) is 6.61 Å². The number of rotatable bonds is 13. The first kappa shape index (κ1) is 51.1. The molecule has 2 bridgehead atoms. The van der Waals surface area contributed by atoms with Gasteiger partial charge >= 0.3 is 29.8 Å². The molecule has 3 unspecified atom stereocenters. The fourth-order valence-corrected chi connectivity index (χ4v) is 11.4. The number of esters is 5. The molecule has 4 aromatic carbocycles. The van der Waals surface area contributed by atoms with Gasteiger partial charge in [-0.15, -0.1) is 0 Å². The van der Waals surface area contributed by atoms with E-state index in [9.17, 15) is 33.9 Å². The summed E-state index contributed by atoms with van der Waals surface area (Å²) in [6.45, 7) is 10.1. The van der Waals surface area contributed by atoms with Crippen LogP contribution >= 0.6 is 0 Å². The Hall–Kier alpha value is -7.30. The number of benzene rings is 4. The Balaban J connectivity index is 1.29. The zero-order valence-corrected chi connectivity index (χ0v) is 40.9. The highest BCUT2D eigenvalue weighted by Gasteiger charge is 2.75. The maximum absolute atomic E-state index is 15.7. The van der Waals surface area contributed by atoms with Gasteiger partial charge in [-0.3, -0.25) is 24.0 Å². The number of hydrogen-bond donors (Lipinski definition) is 2. The maximum atomic E-state index is 15.7. The summed E-state index contributed by atoms with van der Waals surface area (Å²) < 4.78 is 37.4. The largest absolute Gasteiger partial charge is 0.458 e. The summed E-state index contributed by atoms with van der Waals surface area (Å²) >= 11 is 0. The van der Waals surface area contributed by atoms with Gasteiger partial charge in [-0.05, 0) is 85.7 Å². The third-order valence-electron chi connectivity index (χ3n) is 15.0. The van der Waals surface area contributed by atoms with Gasteiger partial charge in [0.25, 0.3) is 5.91 Å². The molecule has 0 spiro atoms. The van der Waals surface area contributed by atoms with Crippen LogP contribution in [-0.4, -0.2) is 101 Å². The van der Waals surface area contributed by atoms with Crippen molar-refractivity contribution in [1.82, 2.24) is 5.32 Å². The molecular formula is C56H57NO15. The summed E-state index contributed by atoms with van der Waals surface area (Å²) in [5.74, 6) is -8.47. The predicted molar refractivity (Wildman–Crippen MR) is 256 cm³/mol. The van der Waals surface area contributed by atoms with Crippen LogP contribution in [0.15, 0.2) is 126 Å². The van der Waals surface area contributed by atoms with Crippen LogP contribution in [0.25, 0.3) is 0 Å². The molecule has 2 saturated carbocycles. The summed E-state index contributed by atoms with van der Waals surface area (Å²) in [5, 5.41) is 15.1. The molecule has 3 fully saturated rings. The van der Waals surface area contributed by atoms with Crippen molar-refractivity contribution in [1.29, 1.82) is 0 Å². The smallest absolute Gasteiger partial charge is 0.350 e. The summed E-state index contributed by atoms with van der Waals surface area (Å²) in [4.78, 5) is 112. The Labute approximate surface area is 416 Å². The van der Waals surface area contributed by atoms with E-state index in [0.717, 1.165) is 6.92 Å². The molecule has 16 nitrogen and oxygen atoms in total. The molecule has 1 amide bonds. The minimum absolute atomic E-state index is 0.0255. The van der Waals surface area contributed by atoms with Crippen LogP contribution in [0.3, 0.4) is 0 Å². The average Bonchev–Trinajstić information content (AvgIpc) is 3.35. The van der Waals surface area contributed by atoms with Gasteiger partial charge in [0.05, 0.1) is 35.2 Å². The first-order valence-corrected chi connectivity index (χ1v) is 23.8. The number of nitrogens with one attached hydrogen (secondary N) is 1. The lowest BCUT2D eigenvalue weighted by Crippen LogP contribution is -2.79. The third-order valence-corrected chi connectivity index (χ3v) is 15.0. The Morgan fingerprint density at radius 1 is 0.694 bits per heavy atom. The number of amides is 1.